The van der Waals surface area contributed by atoms with Gasteiger partial charge in [-0.15, -0.1) is 0 Å². The minimum atomic E-state index is -1.11. The van der Waals surface area contributed by atoms with E-state index < -0.39 is 10.8 Å². The molecule has 0 bridgehead atoms. The Hall–Kier alpha value is -2.00. The van der Waals surface area contributed by atoms with Gasteiger partial charge in [0, 0.05) is 13.1 Å². The molecule has 0 aromatic heterocycles. The van der Waals surface area contributed by atoms with Crippen molar-refractivity contribution in [1.29, 1.82) is 0 Å². The summed E-state index contributed by atoms with van der Waals surface area (Å²) in [6.07, 6.45) is 4.91. The first-order valence-corrected chi connectivity index (χ1v) is 7.53. The molecule has 0 N–H and O–H groups in total. The van der Waals surface area contributed by atoms with Crippen LogP contribution in [-0.2, 0) is 0 Å². The molecule has 1 atom stereocenters. The lowest BCUT2D eigenvalue weighted by molar-refractivity contribution is -1.30. The number of rotatable bonds is 4. The summed E-state index contributed by atoms with van der Waals surface area (Å²) in [5.41, 5.74) is 0.705. The van der Waals surface area contributed by atoms with Gasteiger partial charge in [0.2, 0.25) is 5.70 Å². The largest absolute Gasteiger partial charge is 0.530 e. The molecular formula is C13H19N5O4. The third kappa shape index (κ3) is 2.35. The average molecular weight is 309 g/mol. The van der Waals surface area contributed by atoms with Gasteiger partial charge in [-0.1, -0.05) is 5.01 Å². The monoisotopic (exact) mass is 309 g/mol. The second-order valence-electron chi connectivity index (χ2n) is 5.96. The molecule has 3 aliphatic heterocycles. The highest BCUT2D eigenvalue weighted by atomic mass is 16.7. The minimum absolute atomic E-state index is 0.311. The number of quaternary nitrogens is 1. The molecule has 3 aliphatic rings. The molecule has 9 nitrogen and oxygen atoms in total. The molecule has 22 heavy (non-hydrogen) atoms. The maximum Gasteiger partial charge on any atom is 0.280 e. The Bertz CT molecular complexity index is 541. The number of aliphatic imine (C=N–C) groups is 1. The standard InChI is InChI=1S/C13H19N5O4/c19-13(20)15-5-1-11(2-6-15)3-7-16-8-4-12-9-14-10-18(12,16)17(21)22/h9-11H,1-8H2. The van der Waals surface area contributed by atoms with Crippen LogP contribution in [0, 0.1) is 16.0 Å². The molecule has 120 valence electrons. The van der Waals surface area contributed by atoms with Crippen LogP contribution in [-0.4, -0.2) is 58.3 Å². The second-order valence-corrected chi connectivity index (χ2v) is 5.96. The summed E-state index contributed by atoms with van der Waals surface area (Å²) in [7, 11) is 0. The number of nitrogens with zero attached hydrogens (tertiary/aromatic N) is 5. The molecule has 0 radical (unpaired) electrons. The molecule has 9 heteroatoms. The van der Waals surface area contributed by atoms with Crippen molar-refractivity contribution in [2.24, 2.45) is 10.9 Å². The number of amides is 1. The minimum Gasteiger partial charge on any atom is -0.530 e. The highest BCUT2D eigenvalue weighted by Crippen LogP contribution is 2.34. The van der Waals surface area contributed by atoms with Crippen molar-refractivity contribution < 1.29 is 19.6 Å². The predicted octanol–water partition coefficient (Wildman–Crippen LogP) is -0.0557. The van der Waals surface area contributed by atoms with E-state index in [0.717, 1.165) is 19.3 Å². The zero-order chi connectivity index (χ0) is 15.7. The van der Waals surface area contributed by atoms with Gasteiger partial charge in [0.25, 0.3) is 11.4 Å². The molecule has 2 fully saturated rings. The highest BCUT2D eigenvalue weighted by Gasteiger charge is 2.58. The molecule has 1 unspecified atom stereocenters. The highest BCUT2D eigenvalue weighted by molar-refractivity contribution is 5.62. The number of hydrogen-bond donors (Lipinski definition) is 0. The van der Waals surface area contributed by atoms with Crippen molar-refractivity contribution in [3.8, 4) is 0 Å². The lowest BCUT2D eigenvalue weighted by Gasteiger charge is -2.34. The lowest BCUT2D eigenvalue weighted by Crippen LogP contribution is -2.57. The first-order chi connectivity index (χ1) is 10.5. The normalized spacial score (nSPS) is 28.7. The van der Waals surface area contributed by atoms with E-state index in [1.165, 1.54) is 11.2 Å². The van der Waals surface area contributed by atoms with Gasteiger partial charge in [0.05, 0.1) is 25.7 Å². The maximum atomic E-state index is 11.5. The Balaban J connectivity index is 1.56. The Kier molecular flexibility index (Phi) is 3.83. The number of carboxylic acid groups (broad SMARTS) is 1. The van der Waals surface area contributed by atoms with E-state index in [9.17, 15) is 20.0 Å². The van der Waals surface area contributed by atoms with Crippen LogP contribution in [0.15, 0.2) is 16.9 Å². The summed E-state index contributed by atoms with van der Waals surface area (Å²) >= 11 is 0. The van der Waals surface area contributed by atoms with Gasteiger partial charge in [-0.25, -0.2) is 10.1 Å². The Morgan fingerprint density at radius 1 is 1.41 bits per heavy atom. The summed E-state index contributed by atoms with van der Waals surface area (Å²) in [4.78, 5) is 27.6. The van der Waals surface area contributed by atoms with E-state index in [1.54, 1.807) is 6.20 Å². The van der Waals surface area contributed by atoms with Crippen molar-refractivity contribution in [3.05, 3.63) is 22.0 Å². The first-order valence-electron chi connectivity index (χ1n) is 7.53. The van der Waals surface area contributed by atoms with Crippen molar-refractivity contribution in [2.75, 3.05) is 26.2 Å². The van der Waals surface area contributed by atoms with Crippen molar-refractivity contribution in [3.63, 3.8) is 0 Å². The fourth-order valence-corrected chi connectivity index (χ4v) is 3.50. The fraction of sp³-hybridized carbons (Fsp3) is 0.692. The van der Waals surface area contributed by atoms with E-state index in [-0.39, 0.29) is 5.03 Å². The lowest BCUT2D eigenvalue weighted by atomic mass is 9.94. The van der Waals surface area contributed by atoms with Gasteiger partial charge < -0.3 is 14.8 Å². The quantitative estimate of drug-likeness (QED) is 0.411. The Morgan fingerprint density at radius 2 is 2.14 bits per heavy atom. The molecule has 3 heterocycles. The SMILES string of the molecule is O=C([O-])N1CCC(CCN2CCC3=CN=C[N+]32[N+](=O)[O-])CC1. The first kappa shape index (κ1) is 14.9. The number of carbonyl (C=O) groups excluding carboxylic acids is 1. The number of carbonyl (C=O) groups is 1. The molecule has 3 rings (SSSR count). The molecule has 0 aromatic rings. The molecule has 1 amide bonds. The van der Waals surface area contributed by atoms with Crippen LogP contribution < -0.4 is 5.11 Å². The number of likely N-dealkylation sites (tertiary alicyclic amines) is 1. The second kappa shape index (κ2) is 5.65. The van der Waals surface area contributed by atoms with E-state index in [4.69, 9.17) is 0 Å². The van der Waals surface area contributed by atoms with Crippen LogP contribution in [0.2, 0.25) is 0 Å². The summed E-state index contributed by atoms with van der Waals surface area (Å²) in [5.74, 6) is 0.398. The van der Waals surface area contributed by atoms with Crippen LogP contribution in [0.3, 0.4) is 0 Å². The number of piperidine rings is 1. The zero-order valence-electron chi connectivity index (χ0n) is 12.3. The zero-order valence-corrected chi connectivity index (χ0v) is 12.3. The summed E-state index contributed by atoms with van der Waals surface area (Å²) in [6.45, 7) is 2.25. The molecule has 0 aliphatic carbocycles. The Morgan fingerprint density at radius 3 is 2.77 bits per heavy atom. The molecule has 0 saturated carbocycles. The Labute approximate surface area is 127 Å². The predicted molar refractivity (Wildman–Crippen MR) is 74.3 cm³/mol. The molecule has 0 aromatic carbocycles. The third-order valence-electron chi connectivity index (χ3n) is 4.85. The van der Waals surface area contributed by atoms with Gasteiger partial charge in [-0.3, -0.25) is 0 Å². The van der Waals surface area contributed by atoms with Gasteiger partial charge >= 0.3 is 0 Å². The van der Waals surface area contributed by atoms with Gasteiger partial charge in [-0.05, 0) is 25.2 Å². The van der Waals surface area contributed by atoms with Crippen molar-refractivity contribution in [2.45, 2.75) is 25.7 Å². The number of nitro groups is 1. The average Bonchev–Trinajstić information content (AvgIpc) is 3.05. The maximum absolute atomic E-state index is 11.5. The van der Waals surface area contributed by atoms with E-state index in [0.29, 0.717) is 44.2 Å². The third-order valence-corrected chi connectivity index (χ3v) is 4.85. The topological polar surface area (TPSA) is 102 Å². The van der Waals surface area contributed by atoms with Crippen molar-refractivity contribution >= 4 is 12.4 Å². The van der Waals surface area contributed by atoms with Crippen LogP contribution in [0.5, 0.6) is 0 Å². The van der Waals surface area contributed by atoms with E-state index >= 15 is 0 Å². The van der Waals surface area contributed by atoms with Gasteiger partial charge in [0.1, 0.15) is 10.8 Å². The number of fused-ring (bicyclic) bond motifs is 1. The molecular weight excluding hydrogens is 290 g/mol. The van der Waals surface area contributed by atoms with Crippen LogP contribution >= 0.6 is 0 Å². The van der Waals surface area contributed by atoms with Crippen LogP contribution in [0.4, 0.5) is 4.79 Å². The van der Waals surface area contributed by atoms with Crippen molar-refractivity contribution in [1.82, 2.24) is 9.91 Å². The van der Waals surface area contributed by atoms with E-state index in [2.05, 4.69) is 4.99 Å². The summed E-state index contributed by atoms with van der Waals surface area (Å²) in [5, 5.41) is 23.8. The van der Waals surface area contributed by atoms with Crippen LogP contribution in [0.25, 0.3) is 0 Å². The molecule has 2 saturated heterocycles. The van der Waals surface area contributed by atoms with Gasteiger partial charge in [0.15, 0.2) is 0 Å². The fourth-order valence-electron chi connectivity index (χ4n) is 3.50. The number of hydrogen-bond acceptors (Lipinski definition) is 6. The summed E-state index contributed by atoms with van der Waals surface area (Å²) < 4.78 is -0.474. The molecule has 0 spiro atoms. The van der Waals surface area contributed by atoms with Gasteiger partial charge in [-0.2, -0.15) is 4.99 Å². The van der Waals surface area contributed by atoms with Crippen LogP contribution in [0.1, 0.15) is 25.7 Å². The smallest absolute Gasteiger partial charge is 0.280 e. The summed E-state index contributed by atoms with van der Waals surface area (Å²) in [6, 6.07) is 0. The van der Waals surface area contributed by atoms with E-state index in [1.807, 2.05) is 5.01 Å².